The fourth-order valence-electron chi connectivity index (χ4n) is 2.68. The van der Waals surface area contributed by atoms with Crippen LogP contribution in [0.5, 0.6) is 0 Å². The lowest BCUT2D eigenvalue weighted by atomic mass is 10.1. The molecule has 1 heterocycles. The van der Waals surface area contributed by atoms with Crippen molar-refractivity contribution in [3.8, 4) is 6.07 Å². The second kappa shape index (κ2) is 7.36. The van der Waals surface area contributed by atoms with E-state index in [-0.39, 0.29) is 12.1 Å². The van der Waals surface area contributed by atoms with Gasteiger partial charge in [0.15, 0.2) is 0 Å². The molecule has 124 valence electrons. The summed E-state index contributed by atoms with van der Waals surface area (Å²) in [6.07, 6.45) is 2.19. The number of anilines is 1. The first-order valence-electron chi connectivity index (χ1n) is 8.08. The van der Waals surface area contributed by atoms with Gasteiger partial charge >= 0.3 is 6.09 Å². The molecule has 0 bridgehead atoms. The lowest BCUT2D eigenvalue weighted by Crippen LogP contribution is -2.42. The molecule has 1 unspecified atom stereocenters. The van der Waals surface area contributed by atoms with Crippen LogP contribution in [-0.4, -0.2) is 35.7 Å². The normalized spacial score (nSPS) is 17.7. The maximum atomic E-state index is 12.2. The molecular weight excluding hydrogens is 290 g/mol. The van der Waals surface area contributed by atoms with Gasteiger partial charge in [0.25, 0.3) is 0 Å². The molecule has 1 aromatic rings. The van der Waals surface area contributed by atoms with Crippen LogP contribution < -0.4 is 5.32 Å². The van der Waals surface area contributed by atoms with Gasteiger partial charge in [0.2, 0.25) is 0 Å². The predicted octanol–water partition coefficient (Wildman–Crippen LogP) is 3.56. The average Bonchev–Trinajstić information content (AvgIpc) is 2.94. The Hall–Kier alpha value is -2.22. The molecule has 1 aliphatic rings. The Morgan fingerprint density at radius 2 is 2.09 bits per heavy atom. The first-order chi connectivity index (χ1) is 10.9. The van der Waals surface area contributed by atoms with E-state index in [1.165, 1.54) is 0 Å². The molecule has 1 aliphatic heterocycles. The largest absolute Gasteiger partial charge is 0.444 e. The maximum Gasteiger partial charge on any atom is 0.410 e. The van der Waals surface area contributed by atoms with Crippen LogP contribution in [0, 0.1) is 11.3 Å². The number of carbonyl (C=O) groups is 1. The van der Waals surface area contributed by atoms with Gasteiger partial charge < -0.3 is 15.0 Å². The van der Waals surface area contributed by atoms with Crippen LogP contribution in [0.2, 0.25) is 0 Å². The minimum absolute atomic E-state index is 0.156. The van der Waals surface area contributed by atoms with Crippen LogP contribution in [0.1, 0.15) is 39.2 Å². The Kier molecular flexibility index (Phi) is 5.49. The smallest absolute Gasteiger partial charge is 0.410 e. The number of benzene rings is 1. The highest BCUT2D eigenvalue weighted by molar-refractivity contribution is 5.69. The molecular formula is C18H25N3O2. The molecule has 2 rings (SSSR count). The number of rotatable bonds is 4. The van der Waals surface area contributed by atoms with Crippen LogP contribution in [-0.2, 0) is 11.2 Å². The van der Waals surface area contributed by atoms with Crippen molar-refractivity contribution >= 4 is 11.8 Å². The van der Waals surface area contributed by atoms with E-state index < -0.39 is 5.60 Å². The highest BCUT2D eigenvalue weighted by atomic mass is 16.6. The summed E-state index contributed by atoms with van der Waals surface area (Å²) in [5.41, 5.74) is 1.55. The van der Waals surface area contributed by atoms with Gasteiger partial charge in [-0.1, -0.05) is 12.1 Å². The van der Waals surface area contributed by atoms with Gasteiger partial charge in [-0.3, -0.25) is 0 Å². The summed E-state index contributed by atoms with van der Waals surface area (Å²) in [4.78, 5) is 14.1. The molecule has 0 radical (unpaired) electrons. The van der Waals surface area contributed by atoms with Crippen molar-refractivity contribution in [3.05, 3.63) is 29.8 Å². The first-order valence-corrected chi connectivity index (χ1v) is 8.08. The van der Waals surface area contributed by atoms with Crippen molar-refractivity contribution in [1.29, 1.82) is 5.26 Å². The summed E-state index contributed by atoms with van der Waals surface area (Å²) >= 11 is 0. The molecule has 1 atom stereocenters. The number of amides is 1. The SMILES string of the molecule is CC(C)(C)OC(=O)N1CCCC1CNc1ccc(CC#N)cc1. The van der Waals surface area contributed by atoms with Crippen LogP contribution in [0.25, 0.3) is 0 Å². The molecule has 1 N–H and O–H groups in total. The monoisotopic (exact) mass is 315 g/mol. The maximum absolute atomic E-state index is 12.2. The zero-order chi connectivity index (χ0) is 16.9. The summed E-state index contributed by atoms with van der Waals surface area (Å²) in [6.45, 7) is 7.12. The molecule has 1 saturated heterocycles. The molecule has 0 spiro atoms. The molecule has 0 aromatic heterocycles. The number of likely N-dealkylation sites (tertiary alicyclic amines) is 1. The topological polar surface area (TPSA) is 65.4 Å². The van der Waals surface area contributed by atoms with Crippen molar-refractivity contribution in [3.63, 3.8) is 0 Å². The number of nitrogens with one attached hydrogen (secondary N) is 1. The standard InChI is InChI=1S/C18H25N3O2/c1-18(2,3)23-17(22)21-12-4-5-16(21)13-20-15-8-6-14(7-9-15)10-11-19/h6-9,16,20H,4-5,10,12-13H2,1-3H3. The van der Waals surface area contributed by atoms with Gasteiger partial charge in [0.1, 0.15) is 5.60 Å². The summed E-state index contributed by atoms with van der Waals surface area (Å²) in [5.74, 6) is 0. The van der Waals surface area contributed by atoms with Gasteiger partial charge in [-0.2, -0.15) is 5.26 Å². The molecule has 5 nitrogen and oxygen atoms in total. The molecule has 1 fully saturated rings. The third kappa shape index (κ3) is 5.17. The van der Waals surface area contributed by atoms with Crippen LogP contribution in [0.15, 0.2) is 24.3 Å². The van der Waals surface area contributed by atoms with E-state index in [2.05, 4.69) is 11.4 Å². The van der Waals surface area contributed by atoms with E-state index in [4.69, 9.17) is 10.00 Å². The predicted molar refractivity (Wildman–Crippen MR) is 90.2 cm³/mol. The Labute approximate surface area is 138 Å². The van der Waals surface area contributed by atoms with Crippen molar-refractivity contribution < 1.29 is 9.53 Å². The van der Waals surface area contributed by atoms with Crippen molar-refractivity contribution in [2.75, 3.05) is 18.4 Å². The quantitative estimate of drug-likeness (QED) is 0.922. The number of nitrogens with zero attached hydrogens (tertiary/aromatic N) is 2. The molecule has 1 amide bonds. The van der Waals surface area contributed by atoms with E-state index >= 15 is 0 Å². The Bertz CT molecular complexity index is 569. The zero-order valence-corrected chi connectivity index (χ0v) is 14.1. The molecule has 23 heavy (non-hydrogen) atoms. The van der Waals surface area contributed by atoms with Gasteiger partial charge in [0.05, 0.1) is 18.5 Å². The minimum atomic E-state index is -0.464. The van der Waals surface area contributed by atoms with Crippen molar-refractivity contribution in [2.24, 2.45) is 0 Å². The van der Waals surface area contributed by atoms with Crippen LogP contribution in [0.4, 0.5) is 10.5 Å². The van der Waals surface area contributed by atoms with E-state index in [9.17, 15) is 4.79 Å². The number of hydrogen-bond donors (Lipinski definition) is 1. The second-order valence-electron chi connectivity index (χ2n) is 6.88. The first kappa shape index (κ1) is 17.1. The lowest BCUT2D eigenvalue weighted by molar-refractivity contribution is 0.0235. The number of hydrogen-bond acceptors (Lipinski definition) is 4. The summed E-state index contributed by atoms with van der Waals surface area (Å²) in [6, 6.07) is 10.1. The summed E-state index contributed by atoms with van der Waals surface area (Å²) < 4.78 is 5.48. The fraction of sp³-hybridized carbons (Fsp3) is 0.556. The molecule has 0 aliphatic carbocycles. The molecule has 5 heteroatoms. The van der Waals surface area contributed by atoms with Crippen LogP contribution in [0.3, 0.4) is 0 Å². The highest BCUT2D eigenvalue weighted by Crippen LogP contribution is 2.21. The van der Waals surface area contributed by atoms with Gasteiger partial charge in [-0.05, 0) is 51.3 Å². The summed E-state index contributed by atoms with van der Waals surface area (Å²) in [5, 5.41) is 12.1. The van der Waals surface area contributed by atoms with Gasteiger partial charge in [0, 0.05) is 18.8 Å². The Morgan fingerprint density at radius 1 is 1.39 bits per heavy atom. The van der Waals surface area contributed by atoms with Crippen molar-refractivity contribution in [2.45, 2.75) is 51.7 Å². The van der Waals surface area contributed by atoms with E-state index in [0.717, 1.165) is 30.6 Å². The Morgan fingerprint density at radius 3 is 2.70 bits per heavy atom. The number of ether oxygens (including phenoxy) is 1. The van der Waals surface area contributed by atoms with Crippen LogP contribution >= 0.6 is 0 Å². The third-order valence-corrected chi connectivity index (χ3v) is 3.78. The third-order valence-electron chi connectivity index (χ3n) is 3.78. The van der Waals surface area contributed by atoms with Crippen molar-refractivity contribution in [1.82, 2.24) is 4.90 Å². The molecule has 1 aromatic carbocycles. The molecule has 0 saturated carbocycles. The minimum Gasteiger partial charge on any atom is -0.444 e. The average molecular weight is 315 g/mol. The van der Waals surface area contributed by atoms with E-state index in [1.54, 1.807) is 0 Å². The second-order valence-corrected chi connectivity index (χ2v) is 6.88. The van der Waals surface area contributed by atoms with Gasteiger partial charge in [-0.15, -0.1) is 0 Å². The van der Waals surface area contributed by atoms with E-state index in [0.29, 0.717) is 13.0 Å². The fourth-order valence-corrected chi connectivity index (χ4v) is 2.68. The van der Waals surface area contributed by atoms with E-state index in [1.807, 2.05) is 49.9 Å². The van der Waals surface area contributed by atoms with Gasteiger partial charge in [-0.25, -0.2) is 4.79 Å². The Balaban J connectivity index is 1.89. The number of nitriles is 1. The summed E-state index contributed by atoms with van der Waals surface area (Å²) in [7, 11) is 0. The number of carbonyl (C=O) groups excluding carboxylic acids is 1. The lowest BCUT2D eigenvalue weighted by Gasteiger charge is -2.29. The highest BCUT2D eigenvalue weighted by Gasteiger charge is 2.31. The zero-order valence-electron chi connectivity index (χ0n) is 14.1.